The average molecular weight is 560 g/mol. The van der Waals surface area contributed by atoms with E-state index in [1.54, 1.807) is 18.2 Å². The van der Waals surface area contributed by atoms with Crippen LogP contribution in [-0.2, 0) is 14.8 Å². The number of benzene rings is 3. The number of hydrogen-bond donors (Lipinski definition) is 1. The van der Waals surface area contributed by atoms with Crippen LogP contribution >= 0.6 is 0 Å². The number of non-ortho nitro benzene ring substituents is 1. The van der Waals surface area contributed by atoms with Crippen LogP contribution in [0.5, 0.6) is 0 Å². The second kappa shape index (κ2) is 11.5. The highest BCUT2D eigenvalue weighted by Gasteiger charge is 2.28. The van der Waals surface area contributed by atoms with Gasteiger partial charge in [-0.1, -0.05) is 30.3 Å². The largest absolute Gasteiger partial charge is 0.318 e. The Kier molecular flexibility index (Phi) is 8.15. The van der Waals surface area contributed by atoms with Crippen LogP contribution in [-0.4, -0.2) is 36.6 Å². The molecule has 40 heavy (non-hydrogen) atoms. The summed E-state index contributed by atoms with van der Waals surface area (Å²) in [7, 11) is -4.22. The lowest BCUT2D eigenvalue weighted by Crippen LogP contribution is -2.39. The lowest BCUT2D eigenvalue weighted by Gasteiger charge is -2.23. The van der Waals surface area contributed by atoms with Gasteiger partial charge >= 0.3 is 0 Å². The monoisotopic (exact) mass is 559 g/mol. The smallest absolute Gasteiger partial charge is 0.271 e. The van der Waals surface area contributed by atoms with Gasteiger partial charge < -0.3 is 4.57 Å². The van der Waals surface area contributed by atoms with Crippen LogP contribution in [0.2, 0.25) is 0 Å². The number of nitro benzene ring substituents is 1. The van der Waals surface area contributed by atoms with Crippen molar-refractivity contribution in [1.82, 2.24) is 9.99 Å². The van der Waals surface area contributed by atoms with Gasteiger partial charge in [0.1, 0.15) is 6.54 Å². The van der Waals surface area contributed by atoms with E-state index in [0.717, 1.165) is 33.0 Å². The number of aromatic nitrogens is 1. The fourth-order valence-electron chi connectivity index (χ4n) is 4.32. The van der Waals surface area contributed by atoms with Crippen LogP contribution in [0.15, 0.2) is 88.9 Å². The molecule has 11 heteroatoms. The van der Waals surface area contributed by atoms with Crippen LogP contribution in [0, 0.1) is 37.8 Å². The summed E-state index contributed by atoms with van der Waals surface area (Å²) < 4.78 is 29.8. The third-order valence-corrected chi connectivity index (χ3v) is 8.35. The highest BCUT2D eigenvalue weighted by molar-refractivity contribution is 7.92. The standard InChI is InChI=1S/C29H29N5O5S/c1-20-13-14-26(15-21(20)2)33-22(3)16-24(23(33)4)18-30-31-29(35)19-32(25-9-8-10-27(17-25)34(36)37)40(38,39)28-11-6-5-7-12-28/h5-18H,19H2,1-4H3,(H,31,35)/b30-18+. The number of carbonyl (C=O) groups excluding carboxylic acids is 1. The highest BCUT2D eigenvalue weighted by Crippen LogP contribution is 2.27. The van der Waals surface area contributed by atoms with Gasteiger partial charge in [-0.25, -0.2) is 13.8 Å². The number of hydrazone groups is 1. The van der Waals surface area contributed by atoms with Crippen molar-refractivity contribution in [2.24, 2.45) is 5.10 Å². The number of aryl methyl sites for hydroxylation is 3. The maximum Gasteiger partial charge on any atom is 0.271 e. The van der Waals surface area contributed by atoms with E-state index in [2.05, 4.69) is 41.1 Å². The second-order valence-electron chi connectivity index (χ2n) is 9.33. The van der Waals surface area contributed by atoms with Crippen LogP contribution in [0.1, 0.15) is 28.1 Å². The van der Waals surface area contributed by atoms with Gasteiger partial charge in [-0.15, -0.1) is 0 Å². The van der Waals surface area contributed by atoms with Gasteiger partial charge in [0.25, 0.3) is 21.6 Å². The van der Waals surface area contributed by atoms with Gasteiger partial charge in [0, 0.05) is 34.8 Å². The number of nitrogens with one attached hydrogen (secondary N) is 1. The summed E-state index contributed by atoms with van der Waals surface area (Å²) in [6.45, 7) is 7.39. The first kappa shape index (κ1) is 28.2. The molecule has 0 saturated heterocycles. The number of nitrogens with zero attached hydrogens (tertiary/aromatic N) is 4. The van der Waals surface area contributed by atoms with E-state index in [0.29, 0.717) is 0 Å². The maximum absolute atomic E-state index is 13.4. The summed E-state index contributed by atoms with van der Waals surface area (Å²) in [5, 5.41) is 15.4. The first-order chi connectivity index (χ1) is 19.0. The molecule has 0 saturated carbocycles. The Bertz CT molecular complexity index is 1710. The Morgan fingerprint density at radius 3 is 2.38 bits per heavy atom. The first-order valence-electron chi connectivity index (χ1n) is 12.4. The quantitative estimate of drug-likeness (QED) is 0.176. The number of carbonyl (C=O) groups is 1. The van der Waals surface area contributed by atoms with Gasteiger partial charge in [0.15, 0.2) is 0 Å². The molecule has 0 bridgehead atoms. The van der Waals surface area contributed by atoms with E-state index in [9.17, 15) is 23.3 Å². The minimum atomic E-state index is -4.22. The molecular formula is C29H29N5O5S. The molecule has 1 N–H and O–H groups in total. The van der Waals surface area contributed by atoms with E-state index in [4.69, 9.17) is 0 Å². The van der Waals surface area contributed by atoms with E-state index in [-0.39, 0.29) is 16.3 Å². The highest BCUT2D eigenvalue weighted by atomic mass is 32.2. The fourth-order valence-corrected chi connectivity index (χ4v) is 5.75. The molecule has 0 radical (unpaired) electrons. The zero-order chi connectivity index (χ0) is 29.0. The Balaban J connectivity index is 1.58. The minimum absolute atomic E-state index is 0.0193. The molecule has 4 rings (SSSR count). The molecule has 0 aliphatic carbocycles. The number of anilines is 1. The number of amides is 1. The normalized spacial score (nSPS) is 11.5. The molecule has 1 aromatic heterocycles. The molecule has 0 aliphatic heterocycles. The fraction of sp³-hybridized carbons (Fsp3) is 0.172. The summed E-state index contributed by atoms with van der Waals surface area (Å²) >= 11 is 0. The number of nitro groups is 1. The van der Waals surface area contributed by atoms with Crippen LogP contribution in [0.25, 0.3) is 5.69 Å². The number of sulfonamides is 1. The van der Waals surface area contributed by atoms with Crippen molar-refractivity contribution in [2.75, 3.05) is 10.8 Å². The lowest BCUT2D eigenvalue weighted by atomic mass is 10.1. The molecule has 3 aromatic carbocycles. The van der Waals surface area contributed by atoms with Gasteiger partial charge in [-0.2, -0.15) is 5.10 Å². The Morgan fingerprint density at radius 2 is 1.70 bits per heavy atom. The molecule has 0 fully saturated rings. The predicted molar refractivity (Wildman–Crippen MR) is 155 cm³/mol. The van der Waals surface area contributed by atoms with Crippen molar-refractivity contribution in [3.05, 3.63) is 117 Å². The zero-order valence-corrected chi connectivity index (χ0v) is 23.3. The second-order valence-corrected chi connectivity index (χ2v) is 11.2. The summed E-state index contributed by atoms with van der Waals surface area (Å²) in [6, 6.07) is 20.8. The number of rotatable bonds is 9. The minimum Gasteiger partial charge on any atom is -0.318 e. The Hall–Kier alpha value is -4.77. The van der Waals surface area contributed by atoms with Crippen molar-refractivity contribution in [1.29, 1.82) is 0 Å². The van der Waals surface area contributed by atoms with Crippen LogP contribution in [0.3, 0.4) is 0 Å². The summed E-state index contributed by atoms with van der Waals surface area (Å²) in [5.74, 6) is -0.717. The summed E-state index contributed by atoms with van der Waals surface area (Å²) in [4.78, 5) is 23.5. The third kappa shape index (κ3) is 5.94. The average Bonchev–Trinajstić information content (AvgIpc) is 3.21. The SMILES string of the molecule is Cc1ccc(-n2c(C)cc(/C=N/NC(=O)CN(c3cccc([N+](=O)[O-])c3)S(=O)(=O)c3ccccc3)c2C)cc1C. The molecule has 0 spiro atoms. The molecule has 0 aliphatic rings. The summed E-state index contributed by atoms with van der Waals surface area (Å²) in [5.41, 5.74) is 8.14. The van der Waals surface area contributed by atoms with E-state index in [1.165, 1.54) is 47.7 Å². The van der Waals surface area contributed by atoms with Gasteiger partial charge in [-0.05, 0) is 75.2 Å². The molecular weight excluding hydrogens is 530 g/mol. The van der Waals surface area contributed by atoms with Crippen molar-refractivity contribution in [3.63, 3.8) is 0 Å². The van der Waals surface area contributed by atoms with Crippen LogP contribution in [0.4, 0.5) is 11.4 Å². The summed E-state index contributed by atoms with van der Waals surface area (Å²) in [6.07, 6.45) is 1.50. The Morgan fingerprint density at radius 1 is 0.975 bits per heavy atom. The lowest BCUT2D eigenvalue weighted by molar-refractivity contribution is -0.384. The van der Waals surface area contributed by atoms with Crippen molar-refractivity contribution >= 4 is 33.5 Å². The van der Waals surface area contributed by atoms with E-state index >= 15 is 0 Å². The first-order valence-corrected chi connectivity index (χ1v) is 13.8. The molecule has 206 valence electrons. The van der Waals surface area contributed by atoms with Gasteiger partial charge in [0.05, 0.1) is 21.7 Å². The van der Waals surface area contributed by atoms with E-state index < -0.39 is 27.4 Å². The zero-order valence-electron chi connectivity index (χ0n) is 22.5. The van der Waals surface area contributed by atoms with Gasteiger partial charge in [0.2, 0.25) is 0 Å². The molecule has 4 aromatic rings. The molecule has 1 heterocycles. The molecule has 10 nitrogen and oxygen atoms in total. The van der Waals surface area contributed by atoms with Gasteiger partial charge in [-0.3, -0.25) is 19.2 Å². The van der Waals surface area contributed by atoms with Crippen LogP contribution < -0.4 is 9.73 Å². The van der Waals surface area contributed by atoms with Crippen molar-refractivity contribution in [2.45, 2.75) is 32.6 Å². The molecule has 0 unspecified atom stereocenters. The number of hydrogen-bond acceptors (Lipinski definition) is 6. The maximum atomic E-state index is 13.4. The molecule has 1 amide bonds. The molecule has 0 atom stereocenters. The topological polar surface area (TPSA) is 127 Å². The predicted octanol–water partition coefficient (Wildman–Crippen LogP) is 4.96. The van der Waals surface area contributed by atoms with E-state index in [1.807, 2.05) is 26.0 Å². The Labute approximate surface area is 232 Å². The van der Waals surface area contributed by atoms with Crippen molar-refractivity contribution in [3.8, 4) is 5.69 Å². The third-order valence-electron chi connectivity index (χ3n) is 6.56. The van der Waals surface area contributed by atoms with Crippen molar-refractivity contribution < 1.29 is 18.1 Å².